The standard InChI is InChI=1S/C16H20N4O4/c1-9-14(10(2)24-18-9)12-5-4-6-20(12)13(21)7-11-8-17-16(23)19(3)15(11)22/h8,12H,4-7H2,1-3H3,(H,17,23)/t12-/m0/s1. The van der Waals surface area contributed by atoms with Gasteiger partial charge >= 0.3 is 5.69 Å². The minimum absolute atomic E-state index is 0.0384. The van der Waals surface area contributed by atoms with Gasteiger partial charge < -0.3 is 14.4 Å². The number of carbonyl (C=O) groups is 1. The average molecular weight is 332 g/mol. The van der Waals surface area contributed by atoms with Crippen LogP contribution in [-0.2, 0) is 18.3 Å². The number of rotatable bonds is 3. The van der Waals surface area contributed by atoms with Crippen LogP contribution in [0.5, 0.6) is 0 Å². The minimum atomic E-state index is -0.494. The molecule has 2 aromatic heterocycles. The molecule has 0 radical (unpaired) electrons. The summed E-state index contributed by atoms with van der Waals surface area (Å²) in [5, 5.41) is 3.97. The summed E-state index contributed by atoms with van der Waals surface area (Å²) in [6, 6.07) is -0.0737. The smallest absolute Gasteiger partial charge is 0.328 e. The van der Waals surface area contributed by atoms with Crippen molar-refractivity contribution in [2.45, 2.75) is 39.2 Å². The molecule has 0 aliphatic carbocycles. The van der Waals surface area contributed by atoms with Gasteiger partial charge in [-0.25, -0.2) is 4.79 Å². The summed E-state index contributed by atoms with van der Waals surface area (Å²) in [6.07, 6.45) is 3.02. The largest absolute Gasteiger partial charge is 0.361 e. The van der Waals surface area contributed by atoms with E-state index in [4.69, 9.17) is 4.52 Å². The number of likely N-dealkylation sites (tertiary alicyclic amines) is 1. The predicted octanol–water partition coefficient (Wildman–Crippen LogP) is 0.585. The van der Waals surface area contributed by atoms with E-state index in [0.717, 1.165) is 34.4 Å². The van der Waals surface area contributed by atoms with Gasteiger partial charge in [0.15, 0.2) is 0 Å². The topological polar surface area (TPSA) is 101 Å². The molecule has 0 saturated carbocycles. The normalized spacial score (nSPS) is 17.5. The Morgan fingerprint density at radius 2 is 2.17 bits per heavy atom. The van der Waals surface area contributed by atoms with Gasteiger partial charge in [0, 0.05) is 30.9 Å². The summed E-state index contributed by atoms with van der Waals surface area (Å²) in [7, 11) is 1.39. The number of nitrogens with one attached hydrogen (secondary N) is 1. The van der Waals surface area contributed by atoms with E-state index in [1.54, 1.807) is 4.90 Å². The SMILES string of the molecule is Cc1noc(C)c1[C@@H]1CCCN1C(=O)Cc1c[nH]c(=O)n(C)c1=O. The van der Waals surface area contributed by atoms with Gasteiger partial charge in [0.1, 0.15) is 5.76 Å². The fourth-order valence-electron chi connectivity index (χ4n) is 3.34. The third-order valence-electron chi connectivity index (χ3n) is 4.59. The summed E-state index contributed by atoms with van der Waals surface area (Å²) in [4.78, 5) is 40.5. The van der Waals surface area contributed by atoms with Crippen molar-refractivity contribution in [3.05, 3.63) is 49.6 Å². The van der Waals surface area contributed by atoms with Crippen LogP contribution in [0, 0.1) is 13.8 Å². The van der Waals surface area contributed by atoms with Crippen LogP contribution in [0.2, 0.25) is 0 Å². The maximum atomic E-state index is 12.7. The van der Waals surface area contributed by atoms with Gasteiger partial charge in [-0.3, -0.25) is 14.2 Å². The lowest BCUT2D eigenvalue weighted by Crippen LogP contribution is -2.38. The Morgan fingerprint density at radius 1 is 1.42 bits per heavy atom. The fourth-order valence-corrected chi connectivity index (χ4v) is 3.34. The van der Waals surface area contributed by atoms with Crippen LogP contribution in [0.1, 0.15) is 41.5 Å². The Kier molecular flexibility index (Phi) is 4.13. The number of hydrogen-bond donors (Lipinski definition) is 1. The molecule has 1 N–H and O–H groups in total. The second kappa shape index (κ2) is 6.10. The van der Waals surface area contributed by atoms with Crippen LogP contribution in [0.3, 0.4) is 0 Å². The van der Waals surface area contributed by atoms with Crippen LogP contribution < -0.4 is 11.2 Å². The van der Waals surface area contributed by atoms with Gasteiger partial charge in [-0.1, -0.05) is 5.16 Å². The maximum Gasteiger partial charge on any atom is 0.328 e. The van der Waals surface area contributed by atoms with Crippen LogP contribution in [0.4, 0.5) is 0 Å². The van der Waals surface area contributed by atoms with Crippen molar-refractivity contribution in [3.63, 3.8) is 0 Å². The first-order chi connectivity index (χ1) is 11.4. The summed E-state index contributed by atoms with van der Waals surface area (Å²) in [6.45, 7) is 4.34. The predicted molar refractivity (Wildman–Crippen MR) is 85.7 cm³/mol. The zero-order valence-corrected chi connectivity index (χ0v) is 14.0. The quantitative estimate of drug-likeness (QED) is 0.886. The van der Waals surface area contributed by atoms with Gasteiger partial charge in [0.25, 0.3) is 5.56 Å². The lowest BCUT2D eigenvalue weighted by Gasteiger charge is -2.24. The zero-order chi connectivity index (χ0) is 17.4. The molecule has 8 heteroatoms. The van der Waals surface area contributed by atoms with Crippen molar-refractivity contribution in [1.82, 2.24) is 19.6 Å². The van der Waals surface area contributed by atoms with Crippen molar-refractivity contribution in [3.8, 4) is 0 Å². The van der Waals surface area contributed by atoms with Crippen LogP contribution >= 0.6 is 0 Å². The van der Waals surface area contributed by atoms with Gasteiger partial charge in [-0.05, 0) is 26.7 Å². The molecule has 24 heavy (non-hydrogen) atoms. The van der Waals surface area contributed by atoms with Gasteiger partial charge in [0.2, 0.25) is 5.91 Å². The molecule has 3 rings (SSSR count). The number of aromatic nitrogens is 3. The number of nitrogens with zero attached hydrogens (tertiary/aromatic N) is 3. The van der Waals surface area contributed by atoms with Gasteiger partial charge in [-0.15, -0.1) is 0 Å². The Bertz CT molecular complexity index is 873. The van der Waals surface area contributed by atoms with Crippen molar-refractivity contribution in [1.29, 1.82) is 0 Å². The lowest BCUT2D eigenvalue weighted by molar-refractivity contribution is -0.131. The minimum Gasteiger partial charge on any atom is -0.361 e. The van der Waals surface area contributed by atoms with E-state index < -0.39 is 11.2 Å². The molecular formula is C16H20N4O4. The fraction of sp³-hybridized carbons (Fsp3) is 0.500. The van der Waals surface area contributed by atoms with Crippen molar-refractivity contribution < 1.29 is 9.32 Å². The summed E-state index contributed by atoms with van der Waals surface area (Å²) >= 11 is 0. The molecule has 0 bridgehead atoms. The molecule has 128 valence electrons. The Morgan fingerprint density at radius 3 is 2.83 bits per heavy atom. The third-order valence-corrected chi connectivity index (χ3v) is 4.59. The summed E-state index contributed by atoms with van der Waals surface area (Å²) in [5.74, 6) is 0.582. The van der Waals surface area contributed by atoms with E-state index in [-0.39, 0.29) is 23.9 Å². The van der Waals surface area contributed by atoms with Crippen molar-refractivity contribution in [2.24, 2.45) is 7.05 Å². The highest BCUT2D eigenvalue weighted by atomic mass is 16.5. The number of hydrogen-bond acceptors (Lipinski definition) is 5. The second-order valence-corrected chi connectivity index (χ2v) is 6.14. The van der Waals surface area contributed by atoms with E-state index >= 15 is 0 Å². The number of amides is 1. The molecule has 8 nitrogen and oxygen atoms in total. The third kappa shape index (κ3) is 2.68. The zero-order valence-electron chi connectivity index (χ0n) is 14.0. The first-order valence-electron chi connectivity index (χ1n) is 7.90. The molecule has 0 unspecified atom stereocenters. The van der Waals surface area contributed by atoms with E-state index in [0.29, 0.717) is 6.54 Å². The molecule has 0 spiro atoms. The van der Waals surface area contributed by atoms with Crippen molar-refractivity contribution >= 4 is 5.91 Å². The monoisotopic (exact) mass is 332 g/mol. The number of aromatic amines is 1. The Balaban J connectivity index is 1.86. The lowest BCUT2D eigenvalue weighted by atomic mass is 10.0. The molecule has 2 aromatic rings. The first-order valence-corrected chi connectivity index (χ1v) is 7.90. The van der Waals surface area contributed by atoms with Crippen molar-refractivity contribution in [2.75, 3.05) is 6.54 Å². The molecule has 1 aliphatic heterocycles. The van der Waals surface area contributed by atoms with Crippen LogP contribution in [-0.4, -0.2) is 32.1 Å². The molecule has 1 fully saturated rings. The van der Waals surface area contributed by atoms with E-state index in [1.165, 1.54) is 13.2 Å². The van der Waals surface area contributed by atoms with E-state index in [2.05, 4.69) is 10.1 Å². The number of carbonyl (C=O) groups excluding carboxylic acids is 1. The van der Waals surface area contributed by atoms with Gasteiger partial charge in [0.05, 0.1) is 18.2 Å². The highest BCUT2D eigenvalue weighted by Crippen LogP contribution is 2.35. The molecule has 1 amide bonds. The van der Waals surface area contributed by atoms with Crippen LogP contribution in [0.25, 0.3) is 0 Å². The van der Waals surface area contributed by atoms with Crippen LogP contribution in [0.15, 0.2) is 20.3 Å². The summed E-state index contributed by atoms with van der Waals surface area (Å²) < 4.78 is 6.19. The molecule has 0 aromatic carbocycles. The van der Waals surface area contributed by atoms with E-state index in [9.17, 15) is 14.4 Å². The average Bonchev–Trinajstić information content (AvgIpc) is 3.14. The summed E-state index contributed by atoms with van der Waals surface area (Å²) in [5.41, 5.74) is 1.09. The molecule has 1 atom stereocenters. The molecule has 1 aliphatic rings. The van der Waals surface area contributed by atoms with E-state index in [1.807, 2.05) is 13.8 Å². The number of H-pyrrole nitrogens is 1. The first kappa shape index (κ1) is 16.2. The number of aryl methyl sites for hydroxylation is 2. The highest BCUT2D eigenvalue weighted by molar-refractivity contribution is 5.79. The Hall–Kier alpha value is -2.64. The van der Waals surface area contributed by atoms with Gasteiger partial charge in [-0.2, -0.15) is 0 Å². The Labute approximate surface area is 138 Å². The molecule has 1 saturated heterocycles. The maximum absolute atomic E-state index is 12.7. The second-order valence-electron chi connectivity index (χ2n) is 6.14. The molecular weight excluding hydrogens is 312 g/mol. The highest BCUT2D eigenvalue weighted by Gasteiger charge is 2.33. The molecule has 3 heterocycles.